The Bertz CT molecular complexity index is 419. The minimum Gasteiger partial charge on any atom is -0.390 e. The van der Waals surface area contributed by atoms with Gasteiger partial charge in [-0.15, -0.1) is 0 Å². The average molecular weight is 249 g/mol. The molecule has 0 aromatic heterocycles. The molecule has 0 radical (unpaired) electrons. The molecule has 0 heterocycles. The standard InChI is InChI=1S/C14H19NO3/c1-2-18-8-7-13(17)15-14-11-6-4-3-5-10(11)9-12(14)16/h3-6,12,14,16H,2,7-9H2,1H3,(H,15,17)/t12-,14+/m1/s1. The van der Waals surface area contributed by atoms with Gasteiger partial charge in [-0.2, -0.15) is 0 Å². The van der Waals surface area contributed by atoms with E-state index in [0.717, 1.165) is 11.1 Å². The molecular weight excluding hydrogens is 230 g/mol. The highest BCUT2D eigenvalue weighted by molar-refractivity contribution is 5.76. The largest absolute Gasteiger partial charge is 0.390 e. The Labute approximate surface area is 107 Å². The first-order chi connectivity index (χ1) is 8.72. The SMILES string of the molecule is CCOCCC(=O)N[C@H]1c2ccccc2C[C@H]1O. The second-order valence-electron chi connectivity index (χ2n) is 4.46. The lowest BCUT2D eigenvalue weighted by atomic mass is 10.1. The summed E-state index contributed by atoms with van der Waals surface area (Å²) in [7, 11) is 0. The number of carbonyl (C=O) groups excluding carboxylic acids is 1. The van der Waals surface area contributed by atoms with E-state index in [0.29, 0.717) is 26.1 Å². The van der Waals surface area contributed by atoms with Crippen LogP contribution in [0.2, 0.25) is 0 Å². The van der Waals surface area contributed by atoms with Crippen LogP contribution in [-0.4, -0.2) is 30.3 Å². The molecule has 0 spiro atoms. The van der Waals surface area contributed by atoms with Crippen LogP contribution >= 0.6 is 0 Å². The lowest BCUT2D eigenvalue weighted by Gasteiger charge is -2.17. The fourth-order valence-corrected chi connectivity index (χ4v) is 2.30. The van der Waals surface area contributed by atoms with Crippen LogP contribution in [0.25, 0.3) is 0 Å². The molecule has 4 nitrogen and oxygen atoms in total. The summed E-state index contributed by atoms with van der Waals surface area (Å²) in [6.45, 7) is 2.93. The van der Waals surface area contributed by atoms with Gasteiger partial charge in [0, 0.05) is 19.4 Å². The smallest absolute Gasteiger partial charge is 0.222 e. The summed E-state index contributed by atoms with van der Waals surface area (Å²) < 4.78 is 5.14. The van der Waals surface area contributed by atoms with Gasteiger partial charge in [0.05, 0.1) is 18.8 Å². The maximum absolute atomic E-state index is 11.7. The zero-order valence-corrected chi connectivity index (χ0v) is 10.6. The number of hydrogen-bond acceptors (Lipinski definition) is 3. The summed E-state index contributed by atoms with van der Waals surface area (Å²) in [5.74, 6) is -0.0794. The van der Waals surface area contributed by atoms with E-state index in [1.54, 1.807) is 0 Å². The molecule has 0 saturated heterocycles. The van der Waals surface area contributed by atoms with Crippen molar-refractivity contribution in [3.63, 3.8) is 0 Å². The van der Waals surface area contributed by atoms with Crippen LogP contribution in [0.15, 0.2) is 24.3 Å². The molecule has 1 aromatic rings. The third kappa shape index (κ3) is 2.89. The lowest BCUT2D eigenvalue weighted by Crippen LogP contribution is -2.34. The van der Waals surface area contributed by atoms with Crippen molar-refractivity contribution in [3.05, 3.63) is 35.4 Å². The molecule has 0 fully saturated rings. The molecular formula is C14H19NO3. The Morgan fingerprint density at radius 1 is 1.50 bits per heavy atom. The summed E-state index contributed by atoms with van der Waals surface area (Å²) in [5.41, 5.74) is 2.13. The van der Waals surface area contributed by atoms with Gasteiger partial charge < -0.3 is 15.2 Å². The summed E-state index contributed by atoms with van der Waals surface area (Å²) in [5, 5.41) is 12.9. The number of aliphatic hydroxyl groups is 1. The van der Waals surface area contributed by atoms with E-state index in [-0.39, 0.29) is 11.9 Å². The molecule has 4 heteroatoms. The Kier molecular flexibility index (Phi) is 4.33. The maximum Gasteiger partial charge on any atom is 0.222 e. The monoisotopic (exact) mass is 249 g/mol. The van der Waals surface area contributed by atoms with Crippen molar-refractivity contribution in [2.45, 2.75) is 31.9 Å². The second kappa shape index (κ2) is 5.98. The van der Waals surface area contributed by atoms with Crippen LogP contribution in [0.3, 0.4) is 0 Å². The van der Waals surface area contributed by atoms with Crippen molar-refractivity contribution in [2.75, 3.05) is 13.2 Å². The van der Waals surface area contributed by atoms with Crippen LogP contribution in [0.5, 0.6) is 0 Å². The van der Waals surface area contributed by atoms with Gasteiger partial charge in [0.25, 0.3) is 0 Å². The first-order valence-corrected chi connectivity index (χ1v) is 6.35. The molecule has 0 unspecified atom stereocenters. The van der Waals surface area contributed by atoms with E-state index in [1.807, 2.05) is 31.2 Å². The number of carbonyl (C=O) groups is 1. The molecule has 18 heavy (non-hydrogen) atoms. The number of benzene rings is 1. The van der Waals surface area contributed by atoms with Crippen molar-refractivity contribution in [3.8, 4) is 0 Å². The Morgan fingerprint density at radius 3 is 3.06 bits per heavy atom. The zero-order valence-electron chi connectivity index (χ0n) is 10.6. The predicted octanol–water partition coefficient (Wildman–Crippen LogP) is 1.19. The van der Waals surface area contributed by atoms with Gasteiger partial charge >= 0.3 is 0 Å². The zero-order chi connectivity index (χ0) is 13.0. The average Bonchev–Trinajstić information content (AvgIpc) is 2.67. The number of fused-ring (bicyclic) bond motifs is 1. The van der Waals surface area contributed by atoms with Crippen LogP contribution in [0.4, 0.5) is 0 Å². The predicted molar refractivity (Wildman–Crippen MR) is 68.1 cm³/mol. The molecule has 0 aliphatic heterocycles. The van der Waals surface area contributed by atoms with Gasteiger partial charge in [-0.25, -0.2) is 0 Å². The number of rotatable bonds is 5. The number of hydrogen-bond donors (Lipinski definition) is 2. The first-order valence-electron chi connectivity index (χ1n) is 6.35. The molecule has 0 saturated carbocycles. The van der Waals surface area contributed by atoms with Crippen molar-refractivity contribution in [1.29, 1.82) is 0 Å². The van der Waals surface area contributed by atoms with Gasteiger partial charge in [-0.1, -0.05) is 24.3 Å². The van der Waals surface area contributed by atoms with Gasteiger partial charge in [0.2, 0.25) is 5.91 Å². The van der Waals surface area contributed by atoms with Crippen LogP contribution in [-0.2, 0) is 16.0 Å². The maximum atomic E-state index is 11.7. The van der Waals surface area contributed by atoms with Crippen molar-refractivity contribution < 1.29 is 14.6 Å². The number of aliphatic hydroxyl groups excluding tert-OH is 1. The molecule has 1 aliphatic rings. The highest BCUT2D eigenvalue weighted by Gasteiger charge is 2.31. The molecule has 2 atom stereocenters. The molecule has 2 rings (SSSR count). The van der Waals surface area contributed by atoms with E-state index >= 15 is 0 Å². The lowest BCUT2D eigenvalue weighted by molar-refractivity contribution is -0.123. The summed E-state index contributed by atoms with van der Waals surface area (Å²) in [4.78, 5) is 11.7. The van der Waals surface area contributed by atoms with E-state index < -0.39 is 6.10 Å². The van der Waals surface area contributed by atoms with E-state index in [2.05, 4.69) is 5.32 Å². The highest BCUT2D eigenvalue weighted by atomic mass is 16.5. The van der Waals surface area contributed by atoms with Crippen LogP contribution < -0.4 is 5.32 Å². The topological polar surface area (TPSA) is 58.6 Å². The second-order valence-corrected chi connectivity index (χ2v) is 4.46. The summed E-state index contributed by atoms with van der Waals surface area (Å²) >= 11 is 0. The Hall–Kier alpha value is -1.39. The van der Waals surface area contributed by atoms with E-state index in [9.17, 15) is 9.90 Å². The minimum absolute atomic E-state index is 0.0794. The quantitative estimate of drug-likeness (QED) is 0.771. The fraction of sp³-hybridized carbons (Fsp3) is 0.500. The molecule has 1 aliphatic carbocycles. The van der Waals surface area contributed by atoms with Crippen molar-refractivity contribution >= 4 is 5.91 Å². The number of nitrogens with one attached hydrogen (secondary N) is 1. The summed E-state index contributed by atoms with van der Waals surface area (Å²) in [6, 6.07) is 7.54. The van der Waals surface area contributed by atoms with Crippen molar-refractivity contribution in [2.24, 2.45) is 0 Å². The third-order valence-electron chi connectivity index (χ3n) is 3.20. The van der Waals surface area contributed by atoms with Gasteiger partial charge in [-0.05, 0) is 18.1 Å². The first kappa shape index (κ1) is 13.1. The normalized spacial score (nSPS) is 21.7. The van der Waals surface area contributed by atoms with Gasteiger partial charge in [0.1, 0.15) is 0 Å². The third-order valence-corrected chi connectivity index (χ3v) is 3.20. The minimum atomic E-state index is -0.529. The van der Waals surface area contributed by atoms with Crippen LogP contribution in [0.1, 0.15) is 30.5 Å². The van der Waals surface area contributed by atoms with Gasteiger partial charge in [-0.3, -0.25) is 4.79 Å². The van der Waals surface area contributed by atoms with Crippen LogP contribution in [0, 0.1) is 0 Å². The number of amides is 1. The molecule has 1 aromatic carbocycles. The van der Waals surface area contributed by atoms with E-state index in [1.165, 1.54) is 0 Å². The number of ether oxygens (including phenoxy) is 1. The molecule has 98 valence electrons. The van der Waals surface area contributed by atoms with Crippen molar-refractivity contribution in [1.82, 2.24) is 5.32 Å². The highest BCUT2D eigenvalue weighted by Crippen LogP contribution is 2.31. The molecule has 2 N–H and O–H groups in total. The molecule has 0 bridgehead atoms. The fourth-order valence-electron chi connectivity index (χ4n) is 2.30. The Morgan fingerprint density at radius 2 is 2.28 bits per heavy atom. The van der Waals surface area contributed by atoms with E-state index in [4.69, 9.17) is 4.74 Å². The van der Waals surface area contributed by atoms with Gasteiger partial charge in [0.15, 0.2) is 0 Å². The summed E-state index contributed by atoms with van der Waals surface area (Å²) in [6.07, 6.45) is 0.407. The Balaban J connectivity index is 1.95. The molecule has 1 amide bonds.